The van der Waals surface area contributed by atoms with E-state index in [1.165, 1.54) is 4.90 Å². The molecule has 0 aromatic heterocycles. The first kappa shape index (κ1) is 16.2. The second kappa shape index (κ2) is 6.22. The predicted octanol–water partition coefficient (Wildman–Crippen LogP) is 2.28. The van der Waals surface area contributed by atoms with Gasteiger partial charge in [-0.25, -0.2) is 0 Å². The number of hydrogen-bond donors (Lipinski definition) is 1. The van der Waals surface area contributed by atoms with Gasteiger partial charge in [0.15, 0.2) is 0 Å². The number of nitriles is 1. The third kappa shape index (κ3) is 8.00. The van der Waals surface area contributed by atoms with Gasteiger partial charge in [0.05, 0.1) is 12.6 Å². The Morgan fingerprint density at radius 2 is 1.88 bits per heavy atom. The van der Waals surface area contributed by atoms with E-state index in [2.05, 4.69) is 0 Å². The quantitative estimate of drug-likeness (QED) is 0.788. The van der Waals surface area contributed by atoms with Crippen molar-refractivity contribution in [3.8, 4) is 6.07 Å². The van der Waals surface area contributed by atoms with Crippen molar-refractivity contribution in [1.29, 1.82) is 5.26 Å². The smallest absolute Gasteiger partial charge is 0.314 e. The molecule has 17 heavy (non-hydrogen) atoms. The number of rotatable bonds is 6. The molecule has 0 heterocycles. The zero-order valence-corrected chi connectivity index (χ0v) is 10.5. The summed E-state index contributed by atoms with van der Waals surface area (Å²) in [5.41, 5.74) is 4.65. The fourth-order valence-electron chi connectivity index (χ4n) is 1.46. The highest BCUT2D eigenvalue weighted by molar-refractivity contribution is 5.00. The summed E-state index contributed by atoms with van der Waals surface area (Å²) in [6, 6.07) is 1.75. The molecule has 0 saturated carbocycles. The van der Waals surface area contributed by atoms with Crippen LogP contribution in [0.4, 0.5) is 13.2 Å². The summed E-state index contributed by atoms with van der Waals surface area (Å²) < 4.78 is 36.8. The Hall–Kier alpha value is -0.800. The van der Waals surface area contributed by atoms with Gasteiger partial charge in [0.1, 0.15) is 5.54 Å². The lowest BCUT2D eigenvalue weighted by atomic mass is 9.99. The number of alkyl halides is 3. The van der Waals surface area contributed by atoms with Gasteiger partial charge in [0.25, 0.3) is 0 Å². The van der Waals surface area contributed by atoms with Gasteiger partial charge in [-0.2, -0.15) is 18.4 Å². The van der Waals surface area contributed by atoms with Crippen molar-refractivity contribution < 1.29 is 13.2 Å². The van der Waals surface area contributed by atoms with Gasteiger partial charge in [-0.05, 0) is 40.2 Å². The molecule has 1 atom stereocenters. The van der Waals surface area contributed by atoms with Crippen LogP contribution in [0.2, 0.25) is 0 Å². The molecule has 0 aliphatic rings. The first-order valence-electron chi connectivity index (χ1n) is 5.58. The first-order valence-corrected chi connectivity index (χ1v) is 5.58. The normalized spacial score (nSPS) is 16.0. The summed E-state index contributed by atoms with van der Waals surface area (Å²) in [7, 11) is 0. The van der Waals surface area contributed by atoms with E-state index in [9.17, 15) is 13.2 Å². The molecule has 0 rings (SSSR count). The molecular weight excluding hydrogens is 231 g/mol. The summed E-state index contributed by atoms with van der Waals surface area (Å²) in [4.78, 5) is 1.34. The monoisotopic (exact) mass is 251 g/mol. The minimum absolute atomic E-state index is 0.178. The molecule has 0 aromatic carbocycles. The minimum atomic E-state index is -4.19. The maximum absolute atomic E-state index is 12.3. The molecule has 0 saturated heterocycles. The molecular formula is C11H20F3N3. The van der Waals surface area contributed by atoms with Crippen LogP contribution >= 0.6 is 0 Å². The molecule has 2 N–H and O–H groups in total. The van der Waals surface area contributed by atoms with Gasteiger partial charge in [-0.3, -0.25) is 4.90 Å². The lowest BCUT2D eigenvalue weighted by Gasteiger charge is -2.28. The van der Waals surface area contributed by atoms with E-state index in [-0.39, 0.29) is 6.04 Å². The summed E-state index contributed by atoms with van der Waals surface area (Å²) in [5.74, 6) is 0. The molecule has 0 aromatic rings. The van der Waals surface area contributed by atoms with Crippen molar-refractivity contribution in [2.75, 3.05) is 13.1 Å². The summed E-state index contributed by atoms with van der Waals surface area (Å²) >= 11 is 0. The van der Waals surface area contributed by atoms with E-state index < -0.39 is 18.3 Å². The van der Waals surface area contributed by atoms with E-state index in [1.54, 1.807) is 20.8 Å². The SMILES string of the molecule is CC(C)N(CCCC(C)(N)C#N)CC(F)(F)F. The van der Waals surface area contributed by atoms with Crippen molar-refractivity contribution in [1.82, 2.24) is 4.90 Å². The van der Waals surface area contributed by atoms with Crippen LogP contribution in [-0.4, -0.2) is 35.7 Å². The van der Waals surface area contributed by atoms with Crippen molar-refractivity contribution in [2.45, 2.75) is 51.4 Å². The number of nitrogens with zero attached hydrogens (tertiary/aromatic N) is 2. The molecule has 3 nitrogen and oxygen atoms in total. The topological polar surface area (TPSA) is 53.0 Å². The van der Waals surface area contributed by atoms with Gasteiger partial charge in [0, 0.05) is 6.04 Å². The van der Waals surface area contributed by atoms with Crippen LogP contribution in [-0.2, 0) is 0 Å². The third-order valence-electron chi connectivity index (χ3n) is 2.51. The Labute approximate surface area is 100 Å². The molecule has 0 spiro atoms. The van der Waals surface area contributed by atoms with Gasteiger partial charge in [-0.1, -0.05) is 0 Å². The van der Waals surface area contributed by atoms with Crippen molar-refractivity contribution in [3.05, 3.63) is 0 Å². The molecule has 0 fully saturated rings. The first-order chi connectivity index (χ1) is 7.57. The Morgan fingerprint density at radius 1 is 1.35 bits per heavy atom. The van der Waals surface area contributed by atoms with Crippen LogP contribution in [0.1, 0.15) is 33.6 Å². The second-order valence-electron chi connectivity index (χ2n) is 4.81. The van der Waals surface area contributed by atoms with Crippen LogP contribution in [0.15, 0.2) is 0 Å². The van der Waals surface area contributed by atoms with Crippen LogP contribution in [0.25, 0.3) is 0 Å². The Morgan fingerprint density at radius 3 is 2.24 bits per heavy atom. The highest BCUT2D eigenvalue weighted by Crippen LogP contribution is 2.19. The van der Waals surface area contributed by atoms with Gasteiger partial charge in [0.2, 0.25) is 0 Å². The molecule has 0 amide bonds. The van der Waals surface area contributed by atoms with E-state index in [0.717, 1.165) is 0 Å². The fraction of sp³-hybridized carbons (Fsp3) is 0.909. The van der Waals surface area contributed by atoms with Gasteiger partial charge in [-0.15, -0.1) is 0 Å². The summed E-state index contributed by atoms with van der Waals surface area (Å²) in [5, 5.41) is 8.69. The van der Waals surface area contributed by atoms with Crippen LogP contribution < -0.4 is 5.73 Å². The Kier molecular flexibility index (Phi) is 5.93. The van der Waals surface area contributed by atoms with Gasteiger partial charge >= 0.3 is 6.18 Å². The highest BCUT2D eigenvalue weighted by Gasteiger charge is 2.31. The maximum atomic E-state index is 12.3. The number of hydrogen-bond acceptors (Lipinski definition) is 3. The number of halogens is 3. The predicted molar refractivity (Wildman–Crippen MR) is 60.2 cm³/mol. The second-order valence-corrected chi connectivity index (χ2v) is 4.81. The van der Waals surface area contributed by atoms with Crippen molar-refractivity contribution >= 4 is 0 Å². The highest BCUT2D eigenvalue weighted by atomic mass is 19.4. The molecule has 6 heteroatoms. The van der Waals surface area contributed by atoms with E-state index in [1.807, 2.05) is 6.07 Å². The average Bonchev–Trinajstić information content (AvgIpc) is 2.14. The zero-order valence-electron chi connectivity index (χ0n) is 10.5. The number of nitrogens with two attached hydrogens (primary N) is 1. The lowest BCUT2D eigenvalue weighted by molar-refractivity contribution is -0.149. The molecule has 0 aliphatic heterocycles. The zero-order chi connectivity index (χ0) is 13.7. The van der Waals surface area contributed by atoms with Crippen LogP contribution in [0.5, 0.6) is 0 Å². The minimum Gasteiger partial charge on any atom is -0.314 e. The van der Waals surface area contributed by atoms with Crippen LogP contribution in [0.3, 0.4) is 0 Å². The molecule has 0 aliphatic carbocycles. The van der Waals surface area contributed by atoms with Crippen molar-refractivity contribution in [2.24, 2.45) is 5.73 Å². The largest absolute Gasteiger partial charge is 0.401 e. The Bertz CT molecular complexity index is 266. The third-order valence-corrected chi connectivity index (χ3v) is 2.51. The van der Waals surface area contributed by atoms with E-state index >= 15 is 0 Å². The van der Waals surface area contributed by atoms with Crippen LogP contribution in [0, 0.1) is 11.3 Å². The molecule has 0 radical (unpaired) electrons. The van der Waals surface area contributed by atoms with E-state index in [0.29, 0.717) is 19.4 Å². The Balaban J connectivity index is 4.17. The standard InChI is InChI=1S/C11H20F3N3/c1-9(2)17(8-11(12,13)14)6-4-5-10(3,16)7-15/h9H,4-6,8,16H2,1-3H3. The molecule has 0 bridgehead atoms. The summed E-state index contributed by atoms with van der Waals surface area (Å²) in [6.45, 7) is 4.40. The molecule has 1 unspecified atom stereocenters. The molecule has 100 valence electrons. The van der Waals surface area contributed by atoms with Crippen molar-refractivity contribution in [3.63, 3.8) is 0 Å². The van der Waals surface area contributed by atoms with Gasteiger partial charge < -0.3 is 5.73 Å². The maximum Gasteiger partial charge on any atom is 0.401 e. The fourth-order valence-corrected chi connectivity index (χ4v) is 1.46. The lowest BCUT2D eigenvalue weighted by Crippen LogP contribution is -2.41. The average molecular weight is 251 g/mol. The van der Waals surface area contributed by atoms with E-state index in [4.69, 9.17) is 11.0 Å². The summed E-state index contributed by atoms with van der Waals surface area (Å²) in [6.07, 6.45) is -3.31.